The molecule has 1 aromatic heterocycles. The molecule has 0 atom stereocenters. The Labute approximate surface area is 94.4 Å². The summed E-state index contributed by atoms with van der Waals surface area (Å²) in [5, 5.41) is 8.88. The Morgan fingerprint density at radius 2 is 2.06 bits per heavy atom. The monoisotopic (exact) mass is 217 g/mol. The van der Waals surface area contributed by atoms with Crippen LogP contribution in [0.1, 0.15) is 13.8 Å². The maximum atomic E-state index is 5.87. The van der Waals surface area contributed by atoms with Crippen molar-refractivity contribution in [1.82, 2.24) is 10.2 Å². The molecule has 0 aliphatic carbocycles. The zero-order chi connectivity index (χ0) is 11.6. The second-order valence-corrected chi connectivity index (χ2v) is 4.50. The Balaban J connectivity index is 2.30. The second kappa shape index (κ2) is 4.06. The summed E-state index contributed by atoms with van der Waals surface area (Å²) in [7, 11) is 0. The van der Waals surface area contributed by atoms with Crippen molar-refractivity contribution >= 4 is 10.9 Å². The fourth-order valence-electron chi connectivity index (χ4n) is 1.36. The van der Waals surface area contributed by atoms with E-state index in [1.807, 2.05) is 38.1 Å². The van der Waals surface area contributed by atoms with Crippen molar-refractivity contribution in [2.24, 2.45) is 5.73 Å². The predicted octanol–water partition coefficient (Wildman–Crippen LogP) is 1.75. The van der Waals surface area contributed by atoms with E-state index in [4.69, 9.17) is 10.5 Å². The number of benzene rings is 1. The first-order chi connectivity index (χ1) is 7.56. The third-order valence-corrected chi connectivity index (χ3v) is 2.11. The first-order valence-corrected chi connectivity index (χ1v) is 5.18. The Hall–Kier alpha value is -1.68. The first-order valence-electron chi connectivity index (χ1n) is 5.18. The van der Waals surface area contributed by atoms with Crippen LogP contribution in [0.15, 0.2) is 30.5 Å². The van der Waals surface area contributed by atoms with Crippen LogP contribution < -0.4 is 10.5 Å². The summed E-state index contributed by atoms with van der Waals surface area (Å²) in [4.78, 5) is 0. The summed E-state index contributed by atoms with van der Waals surface area (Å²) in [6.45, 7) is 4.29. The van der Waals surface area contributed by atoms with Gasteiger partial charge in [0.1, 0.15) is 12.4 Å². The Morgan fingerprint density at radius 3 is 2.81 bits per heavy atom. The maximum Gasteiger partial charge on any atom is 0.148 e. The molecule has 1 heterocycles. The minimum Gasteiger partial charge on any atom is -0.489 e. The topological polar surface area (TPSA) is 61.0 Å². The smallest absolute Gasteiger partial charge is 0.148 e. The zero-order valence-electron chi connectivity index (χ0n) is 9.47. The molecule has 84 valence electrons. The van der Waals surface area contributed by atoms with E-state index in [9.17, 15) is 0 Å². The van der Waals surface area contributed by atoms with E-state index in [0.717, 1.165) is 16.7 Å². The van der Waals surface area contributed by atoms with Crippen molar-refractivity contribution in [3.8, 4) is 5.75 Å². The summed E-state index contributed by atoms with van der Waals surface area (Å²) < 4.78 is 5.66. The van der Waals surface area contributed by atoms with Crippen LogP contribution >= 0.6 is 0 Å². The normalized spacial score (nSPS) is 11.7. The highest BCUT2D eigenvalue weighted by Gasteiger charge is 2.12. The largest absolute Gasteiger partial charge is 0.489 e. The molecular weight excluding hydrogens is 202 g/mol. The van der Waals surface area contributed by atoms with Gasteiger partial charge in [0.15, 0.2) is 0 Å². The number of aromatic nitrogens is 2. The van der Waals surface area contributed by atoms with Crippen molar-refractivity contribution in [1.29, 1.82) is 0 Å². The lowest BCUT2D eigenvalue weighted by Gasteiger charge is -2.19. The molecular formula is C12H15N3O. The van der Waals surface area contributed by atoms with Crippen LogP contribution in [0.25, 0.3) is 10.9 Å². The molecule has 0 amide bonds. The Morgan fingerprint density at radius 1 is 1.31 bits per heavy atom. The van der Waals surface area contributed by atoms with Crippen molar-refractivity contribution in [3.63, 3.8) is 0 Å². The molecule has 0 saturated heterocycles. The van der Waals surface area contributed by atoms with E-state index < -0.39 is 0 Å². The van der Waals surface area contributed by atoms with E-state index in [0.29, 0.717) is 6.61 Å². The van der Waals surface area contributed by atoms with Crippen molar-refractivity contribution < 1.29 is 4.74 Å². The molecule has 4 nitrogen and oxygen atoms in total. The highest BCUT2D eigenvalue weighted by Crippen LogP contribution is 2.22. The first kappa shape index (κ1) is 10.8. The number of rotatable bonds is 3. The van der Waals surface area contributed by atoms with Gasteiger partial charge in [0, 0.05) is 10.9 Å². The van der Waals surface area contributed by atoms with Gasteiger partial charge in [0.25, 0.3) is 0 Å². The van der Waals surface area contributed by atoms with E-state index in [2.05, 4.69) is 10.2 Å². The highest BCUT2D eigenvalue weighted by molar-refractivity contribution is 5.83. The van der Waals surface area contributed by atoms with Crippen LogP contribution in [0.5, 0.6) is 5.75 Å². The predicted molar refractivity (Wildman–Crippen MR) is 63.3 cm³/mol. The van der Waals surface area contributed by atoms with Gasteiger partial charge in [0.2, 0.25) is 0 Å². The summed E-state index contributed by atoms with van der Waals surface area (Å²) in [5.74, 6) is 0.726. The van der Waals surface area contributed by atoms with E-state index in [1.165, 1.54) is 0 Å². The van der Waals surface area contributed by atoms with Gasteiger partial charge in [-0.15, -0.1) is 0 Å². The van der Waals surface area contributed by atoms with Gasteiger partial charge in [-0.3, -0.25) is 0 Å². The van der Waals surface area contributed by atoms with Crippen LogP contribution in [-0.4, -0.2) is 22.3 Å². The standard InChI is InChI=1S/C12H15N3O/c1-12(2,13)8-16-11-7-14-15-10-6-4-3-5-9(10)11/h3-7H,8,13H2,1-2H3. The lowest BCUT2D eigenvalue weighted by atomic mass is 10.1. The van der Waals surface area contributed by atoms with Crippen molar-refractivity contribution in [2.45, 2.75) is 19.4 Å². The molecule has 0 radical (unpaired) electrons. The maximum absolute atomic E-state index is 5.87. The van der Waals surface area contributed by atoms with Gasteiger partial charge >= 0.3 is 0 Å². The summed E-state index contributed by atoms with van der Waals surface area (Å²) in [6, 6.07) is 7.74. The molecule has 2 rings (SSSR count). The molecule has 16 heavy (non-hydrogen) atoms. The number of ether oxygens (including phenoxy) is 1. The molecule has 0 spiro atoms. The fraction of sp³-hybridized carbons (Fsp3) is 0.333. The number of nitrogens with two attached hydrogens (primary N) is 1. The number of nitrogens with zero attached hydrogens (tertiary/aromatic N) is 2. The Kier molecular flexibility index (Phi) is 2.75. The van der Waals surface area contributed by atoms with Crippen LogP contribution in [0.4, 0.5) is 0 Å². The molecule has 0 unspecified atom stereocenters. The molecule has 2 N–H and O–H groups in total. The number of fused-ring (bicyclic) bond motifs is 1. The summed E-state index contributed by atoms with van der Waals surface area (Å²) >= 11 is 0. The highest BCUT2D eigenvalue weighted by atomic mass is 16.5. The zero-order valence-corrected chi connectivity index (χ0v) is 9.47. The molecule has 1 aromatic carbocycles. The summed E-state index contributed by atoms with van der Waals surface area (Å²) in [6.07, 6.45) is 1.62. The quantitative estimate of drug-likeness (QED) is 0.850. The van der Waals surface area contributed by atoms with E-state index in [-0.39, 0.29) is 5.54 Å². The molecule has 2 aromatic rings. The molecule has 0 aliphatic heterocycles. The lowest BCUT2D eigenvalue weighted by molar-refractivity contribution is 0.245. The van der Waals surface area contributed by atoms with Crippen LogP contribution in [0.3, 0.4) is 0 Å². The van der Waals surface area contributed by atoms with Gasteiger partial charge in [-0.2, -0.15) is 10.2 Å². The second-order valence-electron chi connectivity index (χ2n) is 4.50. The minimum atomic E-state index is -0.357. The molecule has 0 aliphatic rings. The third kappa shape index (κ3) is 2.46. The van der Waals surface area contributed by atoms with Gasteiger partial charge in [-0.25, -0.2) is 0 Å². The molecule has 4 heteroatoms. The average Bonchev–Trinajstić information content (AvgIpc) is 2.25. The molecule has 0 bridgehead atoms. The van der Waals surface area contributed by atoms with Crippen molar-refractivity contribution in [2.75, 3.05) is 6.61 Å². The third-order valence-electron chi connectivity index (χ3n) is 2.11. The molecule has 0 saturated carbocycles. The van der Waals surface area contributed by atoms with E-state index in [1.54, 1.807) is 6.20 Å². The minimum absolute atomic E-state index is 0.357. The lowest BCUT2D eigenvalue weighted by Crippen LogP contribution is -2.38. The van der Waals surface area contributed by atoms with Crippen molar-refractivity contribution in [3.05, 3.63) is 30.5 Å². The van der Waals surface area contributed by atoms with E-state index >= 15 is 0 Å². The van der Waals surface area contributed by atoms with Gasteiger partial charge in [-0.05, 0) is 26.0 Å². The molecule has 0 fully saturated rings. The average molecular weight is 217 g/mol. The fourth-order valence-corrected chi connectivity index (χ4v) is 1.36. The van der Waals surface area contributed by atoms with Gasteiger partial charge in [0.05, 0.1) is 11.7 Å². The number of hydrogen-bond donors (Lipinski definition) is 1. The van der Waals surface area contributed by atoms with Crippen LogP contribution in [-0.2, 0) is 0 Å². The number of hydrogen-bond acceptors (Lipinski definition) is 4. The van der Waals surface area contributed by atoms with Gasteiger partial charge < -0.3 is 10.5 Å². The van der Waals surface area contributed by atoms with Crippen LogP contribution in [0.2, 0.25) is 0 Å². The SMILES string of the molecule is CC(C)(N)COc1cnnc2ccccc12. The van der Waals surface area contributed by atoms with Crippen LogP contribution in [0, 0.1) is 0 Å². The summed E-state index contributed by atoms with van der Waals surface area (Å²) in [5.41, 5.74) is 6.34. The van der Waals surface area contributed by atoms with Gasteiger partial charge in [-0.1, -0.05) is 12.1 Å². The Bertz CT molecular complexity index is 486.